The molecule has 3 aromatic carbocycles. The number of aryl methyl sites for hydroxylation is 1. The molecule has 0 bridgehead atoms. The summed E-state index contributed by atoms with van der Waals surface area (Å²) in [5, 5.41) is 3.14. The Labute approximate surface area is 117 Å². The van der Waals surface area contributed by atoms with E-state index in [1.807, 2.05) is 12.1 Å². The second-order valence-electron chi connectivity index (χ2n) is 4.71. The highest BCUT2D eigenvalue weighted by molar-refractivity contribution is 6.31. The molecule has 3 rings (SSSR count). The van der Waals surface area contributed by atoms with E-state index in [0.29, 0.717) is 10.7 Å². The summed E-state index contributed by atoms with van der Waals surface area (Å²) in [4.78, 5) is 0. The molecule has 2 N–H and O–H groups in total. The maximum absolute atomic E-state index is 6.10. The first-order chi connectivity index (χ1) is 9.16. The third-order valence-corrected chi connectivity index (χ3v) is 3.68. The molecule has 2 heteroatoms. The van der Waals surface area contributed by atoms with Crippen molar-refractivity contribution in [3.63, 3.8) is 0 Å². The lowest BCUT2D eigenvalue weighted by Gasteiger charge is -2.11. The van der Waals surface area contributed by atoms with Gasteiger partial charge in [0.25, 0.3) is 0 Å². The van der Waals surface area contributed by atoms with Crippen molar-refractivity contribution >= 4 is 28.1 Å². The van der Waals surface area contributed by atoms with E-state index in [4.69, 9.17) is 17.3 Å². The first-order valence-corrected chi connectivity index (χ1v) is 6.58. The molecule has 94 valence electrons. The van der Waals surface area contributed by atoms with Gasteiger partial charge in [-0.05, 0) is 41.0 Å². The molecule has 0 aliphatic heterocycles. The maximum atomic E-state index is 6.10. The molecule has 19 heavy (non-hydrogen) atoms. The van der Waals surface area contributed by atoms with Crippen molar-refractivity contribution in [2.24, 2.45) is 0 Å². The zero-order chi connectivity index (χ0) is 13.4. The summed E-state index contributed by atoms with van der Waals surface area (Å²) in [7, 11) is 0. The fourth-order valence-electron chi connectivity index (χ4n) is 2.46. The average Bonchev–Trinajstić information content (AvgIpc) is 2.41. The molecule has 1 nitrogen and oxygen atoms in total. The van der Waals surface area contributed by atoms with E-state index in [0.717, 1.165) is 11.1 Å². The molecule has 0 amide bonds. The molecule has 0 fully saturated rings. The number of nitrogens with two attached hydrogens (primary N) is 1. The number of rotatable bonds is 1. The normalized spacial score (nSPS) is 10.8. The lowest BCUT2D eigenvalue weighted by Crippen LogP contribution is -1.91. The van der Waals surface area contributed by atoms with Crippen molar-refractivity contribution < 1.29 is 0 Å². The van der Waals surface area contributed by atoms with Crippen molar-refractivity contribution in [1.82, 2.24) is 0 Å². The quantitative estimate of drug-likeness (QED) is 0.614. The van der Waals surface area contributed by atoms with Crippen LogP contribution in [-0.4, -0.2) is 0 Å². The molecule has 0 aliphatic carbocycles. The Morgan fingerprint density at radius 3 is 2.26 bits per heavy atom. The van der Waals surface area contributed by atoms with E-state index in [-0.39, 0.29) is 0 Å². The summed E-state index contributed by atoms with van der Waals surface area (Å²) in [6.07, 6.45) is 0. The van der Waals surface area contributed by atoms with Crippen LogP contribution in [0.15, 0.2) is 54.6 Å². The fraction of sp³-hybridized carbons (Fsp3) is 0.0588. The van der Waals surface area contributed by atoms with Gasteiger partial charge in [-0.2, -0.15) is 0 Å². The van der Waals surface area contributed by atoms with E-state index >= 15 is 0 Å². The minimum Gasteiger partial charge on any atom is -0.398 e. The highest BCUT2D eigenvalue weighted by Crippen LogP contribution is 2.34. The molecule has 0 spiro atoms. The second-order valence-corrected chi connectivity index (χ2v) is 5.14. The largest absolute Gasteiger partial charge is 0.398 e. The monoisotopic (exact) mass is 267 g/mol. The van der Waals surface area contributed by atoms with E-state index < -0.39 is 0 Å². The van der Waals surface area contributed by atoms with Crippen molar-refractivity contribution in [2.45, 2.75) is 6.92 Å². The van der Waals surface area contributed by atoms with Gasteiger partial charge in [0.1, 0.15) is 0 Å². The fourth-order valence-corrected chi connectivity index (χ4v) is 2.64. The van der Waals surface area contributed by atoms with Crippen LogP contribution in [0.3, 0.4) is 0 Å². The molecule has 0 radical (unpaired) electrons. The second kappa shape index (κ2) is 4.60. The number of nitrogen functional groups attached to an aromatic ring is 1. The summed E-state index contributed by atoms with van der Waals surface area (Å²) in [6.45, 7) is 2.12. The summed E-state index contributed by atoms with van der Waals surface area (Å²) >= 11 is 5.97. The molecule has 0 atom stereocenters. The average molecular weight is 268 g/mol. The van der Waals surface area contributed by atoms with Crippen LogP contribution >= 0.6 is 11.6 Å². The molecule has 0 saturated carbocycles. The van der Waals surface area contributed by atoms with Crippen LogP contribution in [0.5, 0.6) is 0 Å². The van der Waals surface area contributed by atoms with Gasteiger partial charge in [-0.25, -0.2) is 0 Å². The Kier molecular flexibility index (Phi) is 2.92. The number of fused-ring (bicyclic) bond motifs is 1. The first kappa shape index (κ1) is 12.1. The standard InChI is InChI=1S/C17H14ClN/c1-11-6-8-15(14-5-3-2-4-13(11)14)16-9-7-12(18)10-17(16)19/h2-10H,19H2,1H3. The number of hydrogen-bond donors (Lipinski definition) is 1. The third kappa shape index (κ3) is 2.06. The first-order valence-electron chi connectivity index (χ1n) is 6.20. The van der Waals surface area contributed by atoms with Gasteiger partial charge in [-0.1, -0.05) is 54.1 Å². The zero-order valence-corrected chi connectivity index (χ0v) is 11.4. The summed E-state index contributed by atoms with van der Waals surface area (Å²) < 4.78 is 0. The molecule has 3 aromatic rings. The Hall–Kier alpha value is -1.99. The predicted molar refractivity (Wildman–Crippen MR) is 83.5 cm³/mol. The molecule has 0 aromatic heterocycles. The van der Waals surface area contributed by atoms with E-state index in [2.05, 4.69) is 43.3 Å². The number of hydrogen-bond acceptors (Lipinski definition) is 1. The van der Waals surface area contributed by atoms with Crippen LogP contribution in [0.1, 0.15) is 5.56 Å². The minimum atomic E-state index is 0.665. The lowest BCUT2D eigenvalue weighted by atomic mass is 9.95. The Bertz CT molecular complexity index is 762. The van der Waals surface area contributed by atoms with Crippen molar-refractivity contribution in [3.8, 4) is 11.1 Å². The maximum Gasteiger partial charge on any atom is 0.0426 e. The van der Waals surface area contributed by atoms with E-state index in [1.54, 1.807) is 6.07 Å². The molecular formula is C17H14ClN. The highest BCUT2D eigenvalue weighted by atomic mass is 35.5. The molecule has 0 unspecified atom stereocenters. The molecule has 0 aliphatic rings. The van der Waals surface area contributed by atoms with E-state index in [1.165, 1.54) is 16.3 Å². The van der Waals surface area contributed by atoms with Gasteiger partial charge >= 0.3 is 0 Å². The van der Waals surface area contributed by atoms with Crippen LogP contribution in [0.4, 0.5) is 5.69 Å². The number of halogens is 1. The summed E-state index contributed by atoms with van der Waals surface area (Å²) in [5.41, 5.74) is 10.3. The van der Waals surface area contributed by atoms with Crippen molar-refractivity contribution in [1.29, 1.82) is 0 Å². The van der Waals surface area contributed by atoms with Gasteiger partial charge < -0.3 is 5.73 Å². The third-order valence-electron chi connectivity index (χ3n) is 3.45. The van der Waals surface area contributed by atoms with E-state index in [9.17, 15) is 0 Å². The van der Waals surface area contributed by atoms with Crippen LogP contribution in [-0.2, 0) is 0 Å². The smallest absolute Gasteiger partial charge is 0.0426 e. The van der Waals surface area contributed by atoms with Gasteiger partial charge in [0.05, 0.1) is 0 Å². The minimum absolute atomic E-state index is 0.665. The number of benzene rings is 3. The van der Waals surface area contributed by atoms with Gasteiger partial charge in [0.15, 0.2) is 0 Å². The molecule has 0 heterocycles. The summed E-state index contributed by atoms with van der Waals surface area (Å²) in [5.74, 6) is 0. The SMILES string of the molecule is Cc1ccc(-c2ccc(Cl)cc2N)c2ccccc12. The van der Waals surface area contributed by atoms with Gasteiger partial charge in [0.2, 0.25) is 0 Å². The van der Waals surface area contributed by atoms with Crippen LogP contribution in [0.25, 0.3) is 21.9 Å². The predicted octanol–water partition coefficient (Wildman–Crippen LogP) is 5.05. The van der Waals surface area contributed by atoms with Crippen molar-refractivity contribution in [2.75, 3.05) is 5.73 Å². The Morgan fingerprint density at radius 1 is 0.842 bits per heavy atom. The van der Waals surface area contributed by atoms with Crippen molar-refractivity contribution in [3.05, 3.63) is 65.2 Å². The van der Waals surface area contributed by atoms with Crippen LogP contribution in [0, 0.1) is 6.92 Å². The highest BCUT2D eigenvalue weighted by Gasteiger charge is 2.08. The van der Waals surface area contributed by atoms with Gasteiger partial charge in [-0.3, -0.25) is 0 Å². The van der Waals surface area contributed by atoms with Crippen LogP contribution < -0.4 is 5.73 Å². The van der Waals surface area contributed by atoms with Gasteiger partial charge in [-0.15, -0.1) is 0 Å². The summed E-state index contributed by atoms with van der Waals surface area (Å²) in [6, 6.07) is 18.3. The Balaban J connectivity index is 2.34. The van der Waals surface area contributed by atoms with Crippen LogP contribution in [0.2, 0.25) is 5.02 Å². The zero-order valence-electron chi connectivity index (χ0n) is 10.7. The Morgan fingerprint density at radius 2 is 1.53 bits per heavy atom. The molecule has 0 saturated heterocycles. The number of anilines is 1. The molecular weight excluding hydrogens is 254 g/mol. The topological polar surface area (TPSA) is 26.0 Å². The van der Waals surface area contributed by atoms with Gasteiger partial charge in [0, 0.05) is 16.3 Å². The lowest BCUT2D eigenvalue weighted by molar-refractivity contribution is 1.52.